The van der Waals surface area contributed by atoms with Crippen LogP contribution in [0.2, 0.25) is 0 Å². The van der Waals surface area contributed by atoms with Crippen molar-refractivity contribution >= 4 is 35.8 Å². The summed E-state index contributed by atoms with van der Waals surface area (Å²) >= 11 is 0. The summed E-state index contributed by atoms with van der Waals surface area (Å²) in [5.41, 5.74) is 0.203. The zero-order valence-electron chi connectivity index (χ0n) is 15.9. The van der Waals surface area contributed by atoms with Crippen LogP contribution in [0.5, 0.6) is 0 Å². The van der Waals surface area contributed by atoms with Crippen LogP contribution >= 0.6 is 24.0 Å². The van der Waals surface area contributed by atoms with Crippen molar-refractivity contribution in [1.82, 2.24) is 16.0 Å². The molecule has 0 aliphatic rings. The monoisotopic (exact) mass is 464 g/mol. The minimum Gasteiger partial charge on any atom is -0.467 e. The van der Waals surface area contributed by atoms with Crippen molar-refractivity contribution in [3.63, 3.8) is 0 Å². The standard InChI is InChI=1S/C18H32N4O2.HI/c1-5-6-7-10-18(2,3)14-22-17(19-4)21-13-16(23)20-12-15-9-8-11-24-15;/h8-9,11H,5-7,10,12-14H2,1-4H3,(H,20,23)(H2,19,21,22);1H. The molecule has 0 radical (unpaired) electrons. The first-order chi connectivity index (χ1) is 11.5. The Morgan fingerprint density at radius 1 is 1.24 bits per heavy atom. The van der Waals surface area contributed by atoms with Crippen molar-refractivity contribution in [2.75, 3.05) is 20.1 Å². The average molecular weight is 464 g/mol. The van der Waals surface area contributed by atoms with Crippen LogP contribution in [0, 0.1) is 5.41 Å². The summed E-state index contributed by atoms with van der Waals surface area (Å²) in [4.78, 5) is 16.0. The normalized spacial score (nSPS) is 11.6. The lowest BCUT2D eigenvalue weighted by Gasteiger charge is -2.26. The van der Waals surface area contributed by atoms with E-state index in [1.807, 2.05) is 6.07 Å². The van der Waals surface area contributed by atoms with E-state index in [1.54, 1.807) is 19.4 Å². The van der Waals surface area contributed by atoms with Crippen LogP contribution in [0.4, 0.5) is 0 Å². The highest BCUT2D eigenvalue weighted by Gasteiger charge is 2.17. The van der Waals surface area contributed by atoms with E-state index < -0.39 is 0 Å². The third kappa shape index (κ3) is 11.1. The summed E-state index contributed by atoms with van der Waals surface area (Å²) in [7, 11) is 1.71. The zero-order valence-corrected chi connectivity index (χ0v) is 18.2. The highest BCUT2D eigenvalue weighted by Crippen LogP contribution is 2.22. The predicted molar refractivity (Wildman–Crippen MR) is 113 cm³/mol. The average Bonchev–Trinajstić information content (AvgIpc) is 3.06. The maximum atomic E-state index is 11.8. The molecule has 0 aliphatic heterocycles. The Balaban J connectivity index is 0.00000576. The molecule has 0 spiro atoms. The van der Waals surface area contributed by atoms with Crippen LogP contribution in [-0.2, 0) is 11.3 Å². The number of nitrogens with zero attached hydrogens (tertiary/aromatic N) is 1. The molecule has 1 aromatic rings. The molecule has 0 atom stereocenters. The summed E-state index contributed by atoms with van der Waals surface area (Å²) < 4.78 is 5.18. The molecule has 7 heteroatoms. The Morgan fingerprint density at radius 3 is 2.60 bits per heavy atom. The second kappa shape index (κ2) is 13.0. The van der Waals surface area contributed by atoms with Crippen LogP contribution in [0.3, 0.4) is 0 Å². The summed E-state index contributed by atoms with van der Waals surface area (Å²) in [6.07, 6.45) is 6.51. The first-order valence-electron chi connectivity index (χ1n) is 8.70. The van der Waals surface area contributed by atoms with Crippen molar-refractivity contribution in [3.05, 3.63) is 24.2 Å². The van der Waals surface area contributed by atoms with Gasteiger partial charge in [0, 0.05) is 13.6 Å². The molecule has 6 nitrogen and oxygen atoms in total. The Kier molecular flexibility index (Phi) is 12.4. The van der Waals surface area contributed by atoms with Gasteiger partial charge in [0.05, 0.1) is 19.4 Å². The van der Waals surface area contributed by atoms with E-state index in [-0.39, 0.29) is 41.8 Å². The number of amides is 1. The lowest BCUT2D eigenvalue weighted by molar-refractivity contribution is -0.120. The molecule has 0 aliphatic carbocycles. The van der Waals surface area contributed by atoms with E-state index in [9.17, 15) is 4.79 Å². The summed E-state index contributed by atoms with van der Waals surface area (Å²) in [6, 6.07) is 3.63. The summed E-state index contributed by atoms with van der Waals surface area (Å²) in [6.45, 7) is 8.11. The first-order valence-corrected chi connectivity index (χ1v) is 8.70. The number of hydrogen-bond acceptors (Lipinski definition) is 3. The van der Waals surface area contributed by atoms with Gasteiger partial charge in [-0.1, -0.05) is 40.0 Å². The molecule has 144 valence electrons. The molecule has 3 N–H and O–H groups in total. The van der Waals surface area contributed by atoms with Crippen molar-refractivity contribution in [1.29, 1.82) is 0 Å². The van der Waals surface area contributed by atoms with E-state index in [0.29, 0.717) is 12.5 Å². The fourth-order valence-electron chi connectivity index (χ4n) is 2.31. The lowest BCUT2D eigenvalue weighted by atomic mass is 9.87. The zero-order chi connectivity index (χ0) is 17.8. The van der Waals surface area contributed by atoms with Gasteiger partial charge in [-0.25, -0.2) is 0 Å². The molecule has 1 heterocycles. The number of guanidine groups is 1. The molecule has 0 bridgehead atoms. The molecular formula is C18H33IN4O2. The third-order valence-electron chi connectivity index (χ3n) is 3.87. The molecule has 0 saturated carbocycles. The Morgan fingerprint density at radius 2 is 2.00 bits per heavy atom. The van der Waals surface area contributed by atoms with Gasteiger partial charge in [-0.15, -0.1) is 24.0 Å². The molecule has 0 unspecified atom stereocenters. The molecule has 0 aromatic carbocycles. The van der Waals surface area contributed by atoms with Crippen LogP contribution in [0.25, 0.3) is 0 Å². The molecule has 0 fully saturated rings. The van der Waals surface area contributed by atoms with Gasteiger partial charge in [0.2, 0.25) is 5.91 Å². The second-order valence-electron chi connectivity index (χ2n) is 6.76. The van der Waals surface area contributed by atoms with Crippen molar-refractivity contribution in [3.8, 4) is 0 Å². The third-order valence-corrected chi connectivity index (χ3v) is 3.87. The minimum absolute atomic E-state index is 0. The van der Waals surface area contributed by atoms with Gasteiger partial charge in [0.15, 0.2) is 5.96 Å². The Bertz CT molecular complexity index is 501. The molecule has 1 aromatic heterocycles. The lowest BCUT2D eigenvalue weighted by Crippen LogP contribution is -2.45. The van der Waals surface area contributed by atoms with Crippen molar-refractivity contribution < 1.29 is 9.21 Å². The smallest absolute Gasteiger partial charge is 0.239 e. The van der Waals surface area contributed by atoms with Crippen molar-refractivity contribution in [2.45, 2.75) is 53.0 Å². The molecular weight excluding hydrogens is 431 g/mol. The molecule has 0 saturated heterocycles. The summed E-state index contributed by atoms with van der Waals surface area (Å²) in [5.74, 6) is 1.28. The van der Waals surface area contributed by atoms with Crippen LogP contribution in [0.1, 0.15) is 52.2 Å². The van der Waals surface area contributed by atoms with Gasteiger partial charge in [-0.05, 0) is 24.0 Å². The van der Waals surface area contributed by atoms with Crippen LogP contribution in [0.15, 0.2) is 27.8 Å². The number of furan rings is 1. The molecule has 25 heavy (non-hydrogen) atoms. The number of nitrogens with one attached hydrogen (secondary N) is 3. The number of halogens is 1. The molecule has 1 amide bonds. The first kappa shape index (κ1) is 23.8. The maximum Gasteiger partial charge on any atom is 0.239 e. The maximum absolute atomic E-state index is 11.8. The topological polar surface area (TPSA) is 78.7 Å². The largest absolute Gasteiger partial charge is 0.467 e. The van der Waals surface area contributed by atoms with Crippen LogP contribution < -0.4 is 16.0 Å². The Hall–Kier alpha value is -1.25. The SMILES string of the molecule is CCCCCC(C)(C)CNC(=NC)NCC(=O)NCc1ccco1.I. The quantitative estimate of drug-likeness (QED) is 0.215. The van der Waals surface area contributed by atoms with Gasteiger partial charge in [0.25, 0.3) is 0 Å². The van der Waals surface area contributed by atoms with Gasteiger partial charge in [0.1, 0.15) is 5.76 Å². The number of hydrogen-bond donors (Lipinski definition) is 3. The number of carbonyl (C=O) groups is 1. The van der Waals surface area contributed by atoms with E-state index in [0.717, 1.165) is 12.3 Å². The fourth-order valence-corrected chi connectivity index (χ4v) is 2.31. The summed E-state index contributed by atoms with van der Waals surface area (Å²) in [5, 5.41) is 9.13. The van der Waals surface area contributed by atoms with Crippen molar-refractivity contribution in [2.24, 2.45) is 10.4 Å². The minimum atomic E-state index is -0.100. The fraction of sp³-hybridized carbons (Fsp3) is 0.667. The number of unbranched alkanes of at least 4 members (excludes halogenated alkanes) is 2. The van der Waals surface area contributed by atoms with Gasteiger partial charge < -0.3 is 20.4 Å². The van der Waals surface area contributed by atoms with E-state index in [4.69, 9.17) is 4.42 Å². The van der Waals surface area contributed by atoms with E-state index in [1.165, 1.54) is 25.7 Å². The number of aliphatic imine (C=N–C) groups is 1. The highest BCUT2D eigenvalue weighted by molar-refractivity contribution is 14.0. The van der Waals surface area contributed by atoms with E-state index in [2.05, 4.69) is 41.7 Å². The van der Waals surface area contributed by atoms with Gasteiger partial charge >= 0.3 is 0 Å². The van der Waals surface area contributed by atoms with Crippen LogP contribution in [-0.4, -0.2) is 32.0 Å². The van der Waals surface area contributed by atoms with Gasteiger partial charge in [-0.3, -0.25) is 9.79 Å². The number of carbonyl (C=O) groups excluding carboxylic acids is 1. The second-order valence-corrected chi connectivity index (χ2v) is 6.76. The highest BCUT2D eigenvalue weighted by atomic mass is 127. The number of rotatable bonds is 10. The Labute approximate surface area is 168 Å². The molecule has 1 rings (SSSR count). The van der Waals surface area contributed by atoms with Gasteiger partial charge in [-0.2, -0.15) is 0 Å². The van der Waals surface area contributed by atoms with E-state index >= 15 is 0 Å². The predicted octanol–water partition coefficient (Wildman–Crippen LogP) is 3.29.